The highest BCUT2D eigenvalue weighted by molar-refractivity contribution is 6.04. The van der Waals surface area contributed by atoms with E-state index in [2.05, 4.69) is 21.7 Å². The van der Waals surface area contributed by atoms with Crippen LogP contribution in [-0.4, -0.2) is 65.2 Å². The number of likely N-dealkylation sites (N-methyl/N-ethyl adjacent to an activating group) is 1. The van der Waals surface area contributed by atoms with Crippen LogP contribution in [0.3, 0.4) is 0 Å². The molecular weight excluding hydrogens is 590 g/mol. The number of amides is 1. The predicted octanol–water partition coefficient (Wildman–Crippen LogP) is 5.81. The molecule has 0 spiro atoms. The quantitative estimate of drug-likeness (QED) is 0.140. The fraction of sp³-hybridized carbons (Fsp3) is 0.147. The molecule has 46 heavy (non-hydrogen) atoms. The molecule has 0 saturated carbocycles. The van der Waals surface area contributed by atoms with Crippen LogP contribution in [0, 0.1) is 11.3 Å². The third-order valence-electron chi connectivity index (χ3n) is 5.86. The molecule has 3 aromatic carbocycles. The van der Waals surface area contributed by atoms with Crippen molar-refractivity contribution in [3.8, 4) is 23.3 Å². The molecule has 236 valence electrons. The minimum atomic E-state index is -1.26. The van der Waals surface area contributed by atoms with Gasteiger partial charge in [0.05, 0.1) is 29.1 Å². The number of benzene rings is 3. The SMILES string of the molecule is CCOc1cc2ncc(C#N)c(Nc3ccc(Oc4ccccc4)cc3)c2cc1NC(=O)/C=C/CN(C)C.O=C(O)/C=C\C(=O)O. The first-order valence-corrected chi connectivity index (χ1v) is 14.0. The standard InChI is InChI=1S/C30H29N5O3.C4H4O4/c1-4-37-28-18-26-25(17-27(28)34-29(36)11-8-16-35(2)3)30(21(19-31)20-32-26)33-22-12-14-24(15-13-22)38-23-9-6-5-7-10-23;5-3(6)1-2-4(7)8/h5-15,17-18,20H,4,16H2,1-3H3,(H,32,33)(H,34,36);1-2H,(H,5,6)(H,7,8)/b11-8+;2-1-. The van der Waals surface area contributed by atoms with Crippen LogP contribution in [0.15, 0.2) is 97.2 Å². The van der Waals surface area contributed by atoms with Crippen molar-refractivity contribution in [2.45, 2.75) is 6.92 Å². The Balaban J connectivity index is 0.000000637. The summed E-state index contributed by atoms with van der Waals surface area (Å²) in [5.74, 6) is -0.855. The Kier molecular flexibility index (Phi) is 12.8. The number of ether oxygens (including phenoxy) is 2. The van der Waals surface area contributed by atoms with Gasteiger partial charge < -0.3 is 35.2 Å². The highest BCUT2D eigenvalue weighted by atomic mass is 16.5. The van der Waals surface area contributed by atoms with Crippen molar-refractivity contribution in [2.75, 3.05) is 37.9 Å². The zero-order chi connectivity index (χ0) is 33.5. The molecule has 0 aliphatic rings. The maximum absolute atomic E-state index is 12.6. The molecule has 0 radical (unpaired) electrons. The normalized spacial score (nSPS) is 10.7. The molecule has 12 nitrogen and oxygen atoms in total. The number of carbonyl (C=O) groups is 3. The monoisotopic (exact) mass is 623 g/mol. The number of nitrogens with zero attached hydrogens (tertiary/aromatic N) is 3. The van der Waals surface area contributed by atoms with E-state index in [-0.39, 0.29) is 5.91 Å². The lowest BCUT2D eigenvalue weighted by Crippen LogP contribution is -2.13. The molecule has 12 heteroatoms. The summed E-state index contributed by atoms with van der Waals surface area (Å²) in [5.41, 5.74) is 2.83. The van der Waals surface area contributed by atoms with Gasteiger partial charge in [0.1, 0.15) is 23.3 Å². The molecule has 0 unspecified atom stereocenters. The van der Waals surface area contributed by atoms with Crippen molar-refractivity contribution < 1.29 is 34.1 Å². The first-order chi connectivity index (χ1) is 22.1. The molecule has 0 aliphatic heterocycles. The summed E-state index contributed by atoms with van der Waals surface area (Å²) in [6.45, 7) is 2.93. The number of hydrogen-bond acceptors (Lipinski definition) is 9. The zero-order valence-corrected chi connectivity index (χ0v) is 25.4. The Labute approximate surface area is 265 Å². The molecule has 0 atom stereocenters. The van der Waals surface area contributed by atoms with Crippen LogP contribution >= 0.6 is 0 Å². The van der Waals surface area contributed by atoms with E-state index in [4.69, 9.17) is 19.7 Å². The Morgan fingerprint density at radius 2 is 1.61 bits per heavy atom. The van der Waals surface area contributed by atoms with E-state index in [9.17, 15) is 19.6 Å². The summed E-state index contributed by atoms with van der Waals surface area (Å²) in [6.07, 6.45) is 5.91. The number of carbonyl (C=O) groups excluding carboxylic acids is 1. The van der Waals surface area contributed by atoms with E-state index >= 15 is 0 Å². The highest BCUT2D eigenvalue weighted by Gasteiger charge is 2.15. The fourth-order valence-corrected chi connectivity index (χ4v) is 3.87. The fourth-order valence-electron chi connectivity index (χ4n) is 3.87. The van der Waals surface area contributed by atoms with Gasteiger partial charge >= 0.3 is 11.9 Å². The van der Waals surface area contributed by atoms with Crippen LogP contribution in [0.25, 0.3) is 10.9 Å². The zero-order valence-electron chi connectivity index (χ0n) is 25.4. The third kappa shape index (κ3) is 10.8. The van der Waals surface area contributed by atoms with Crippen molar-refractivity contribution in [1.82, 2.24) is 9.88 Å². The maximum Gasteiger partial charge on any atom is 0.328 e. The Bertz CT molecular complexity index is 1750. The van der Waals surface area contributed by atoms with Crippen LogP contribution < -0.4 is 20.1 Å². The number of fused-ring (bicyclic) bond motifs is 1. The van der Waals surface area contributed by atoms with Gasteiger partial charge in [-0.3, -0.25) is 9.78 Å². The van der Waals surface area contributed by atoms with Gasteiger partial charge in [-0.25, -0.2) is 9.59 Å². The number of hydrogen-bond donors (Lipinski definition) is 4. The van der Waals surface area contributed by atoms with Crippen LogP contribution in [-0.2, 0) is 14.4 Å². The van der Waals surface area contributed by atoms with Gasteiger partial charge in [-0.1, -0.05) is 24.3 Å². The Hall–Kier alpha value is -6.19. The van der Waals surface area contributed by atoms with Crippen LogP contribution in [0.2, 0.25) is 0 Å². The van der Waals surface area contributed by atoms with E-state index in [1.165, 1.54) is 12.3 Å². The number of nitrogens with one attached hydrogen (secondary N) is 2. The maximum atomic E-state index is 12.6. The van der Waals surface area contributed by atoms with Gasteiger partial charge in [-0.15, -0.1) is 0 Å². The van der Waals surface area contributed by atoms with Gasteiger partial charge in [0, 0.05) is 48.1 Å². The van der Waals surface area contributed by atoms with Gasteiger partial charge in [-0.2, -0.15) is 5.26 Å². The topological polar surface area (TPSA) is 174 Å². The minimum absolute atomic E-state index is 0.278. The third-order valence-corrected chi connectivity index (χ3v) is 5.86. The first kappa shape index (κ1) is 34.3. The van der Waals surface area contributed by atoms with Gasteiger partial charge in [0.2, 0.25) is 5.91 Å². The highest BCUT2D eigenvalue weighted by Crippen LogP contribution is 2.36. The molecule has 0 aliphatic carbocycles. The number of aromatic nitrogens is 1. The van der Waals surface area contributed by atoms with Gasteiger partial charge in [0.25, 0.3) is 0 Å². The summed E-state index contributed by atoms with van der Waals surface area (Å²) < 4.78 is 11.7. The van der Waals surface area contributed by atoms with Crippen molar-refractivity contribution in [2.24, 2.45) is 0 Å². The van der Waals surface area contributed by atoms with Crippen molar-refractivity contribution in [1.29, 1.82) is 5.26 Å². The number of carboxylic acid groups (broad SMARTS) is 2. The molecule has 4 aromatic rings. The average molecular weight is 624 g/mol. The second-order valence-corrected chi connectivity index (χ2v) is 9.69. The molecule has 4 rings (SSSR count). The molecule has 1 amide bonds. The summed E-state index contributed by atoms with van der Waals surface area (Å²) in [6, 6.07) is 22.7. The summed E-state index contributed by atoms with van der Waals surface area (Å²) in [7, 11) is 3.86. The lowest BCUT2D eigenvalue weighted by atomic mass is 10.1. The van der Waals surface area contributed by atoms with E-state index in [1.807, 2.05) is 80.5 Å². The molecule has 0 bridgehead atoms. The summed E-state index contributed by atoms with van der Waals surface area (Å²) in [5, 5.41) is 32.3. The van der Waals surface area contributed by atoms with E-state index < -0.39 is 11.9 Å². The largest absolute Gasteiger partial charge is 0.492 e. The van der Waals surface area contributed by atoms with Crippen molar-refractivity contribution in [3.05, 3.63) is 103 Å². The summed E-state index contributed by atoms with van der Waals surface area (Å²) in [4.78, 5) is 38.1. The molecular formula is C34H33N5O7. The average Bonchev–Trinajstić information content (AvgIpc) is 3.02. The van der Waals surface area contributed by atoms with E-state index in [0.29, 0.717) is 64.6 Å². The molecule has 0 saturated heterocycles. The lowest BCUT2D eigenvalue weighted by Gasteiger charge is -2.16. The van der Waals surface area contributed by atoms with Gasteiger partial charge in [0.15, 0.2) is 0 Å². The molecule has 1 aromatic heterocycles. The number of aliphatic carboxylic acids is 2. The second kappa shape index (κ2) is 17.2. The first-order valence-electron chi connectivity index (χ1n) is 14.0. The van der Waals surface area contributed by atoms with Gasteiger partial charge in [-0.05, 0) is 63.5 Å². The number of pyridine rings is 1. The predicted molar refractivity (Wildman–Crippen MR) is 175 cm³/mol. The number of carboxylic acids is 2. The molecule has 1 heterocycles. The van der Waals surface area contributed by atoms with Crippen LogP contribution in [0.1, 0.15) is 12.5 Å². The second-order valence-electron chi connectivity index (χ2n) is 9.69. The molecule has 4 N–H and O–H groups in total. The number of rotatable bonds is 12. The van der Waals surface area contributed by atoms with Crippen LogP contribution in [0.5, 0.6) is 17.2 Å². The number of anilines is 3. The van der Waals surface area contributed by atoms with Crippen molar-refractivity contribution in [3.63, 3.8) is 0 Å². The van der Waals surface area contributed by atoms with Crippen molar-refractivity contribution >= 4 is 45.8 Å². The Morgan fingerprint density at radius 1 is 0.957 bits per heavy atom. The number of nitriles is 1. The van der Waals surface area contributed by atoms with Crippen LogP contribution in [0.4, 0.5) is 17.1 Å². The van der Waals surface area contributed by atoms with E-state index in [0.717, 1.165) is 11.4 Å². The van der Waals surface area contributed by atoms with E-state index in [1.54, 1.807) is 18.2 Å². The lowest BCUT2D eigenvalue weighted by molar-refractivity contribution is -0.134. The number of para-hydroxylation sites is 1. The minimum Gasteiger partial charge on any atom is -0.492 e. The molecule has 0 fully saturated rings. The smallest absolute Gasteiger partial charge is 0.328 e. The Morgan fingerprint density at radius 3 is 2.20 bits per heavy atom. The summed E-state index contributed by atoms with van der Waals surface area (Å²) >= 11 is 0.